The Morgan fingerprint density at radius 1 is 1.22 bits per heavy atom. The molecule has 0 aliphatic rings. The lowest BCUT2D eigenvalue weighted by Gasteiger charge is -2.08. The highest BCUT2D eigenvalue weighted by molar-refractivity contribution is 5.92. The van der Waals surface area contributed by atoms with Gasteiger partial charge in [0.25, 0.3) is 5.89 Å². The van der Waals surface area contributed by atoms with Crippen LogP contribution in [-0.2, 0) is 6.42 Å². The summed E-state index contributed by atoms with van der Waals surface area (Å²) in [5.41, 5.74) is 1.66. The lowest BCUT2D eigenvalue weighted by atomic mass is 10.1. The predicted molar refractivity (Wildman–Crippen MR) is 80.5 cm³/mol. The first-order chi connectivity index (χ1) is 11.3. The SMILES string of the molecule is N#CCc1cccc(C(=O)Oc2ccccc2-c2nnco2)c1. The highest BCUT2D eigenvalue weighted by atomic mass is 16.5. The normalized spacial score (nSPS) is 10.0. The molecule has 112 valence electrons. The number of ether oxygens (including phenoxy) is 1. The minimum Gasteiger partial charge on any atom is -0.423 e. The van der Waals surface area contributed by atoms with Crippen molar-refractivity contribution in [3.63, 3.8) is 0 Å². The van der Waals surface area contributed by atoms with E-state index >= 15 is 0 Å². The summed E-state index contributed by atoms with van der Waals surface area (Å²) in [5, 5.41) is 16.2. The Morgan fingerprint density at radius 3 is 2.87 bits per heavy atom. The summed E-state index contributed by atoms with van der Waals surface area (Å²) < 4.78 is 10.6. The number of carbonyl (C=O) groups excluding carboxylic acids is 1. The van der Waals surface area contributed by atoms with Crippen molar-refractivity contribution in [2.24, 2.45) is 0 Å². The van der Waals surface area contributed by atoms with Gasteiger partial charge in [-0.2, -0.15) is 5.26 Å². The molecule has 1 heterocycles. The number of para-hydroxylation sites is 1. The molecule has 2 aromatic carbocycles. The second-order valence-electron chi connectivity index (χ2n) is 4.66. The first-order valence-electron chi connectivity index (χ1n) is 6.81. The first kappa shape index (κ1) is 14.5. The van der Waals surface area contributed by atoms with Gasteiger partial charge in [0.1, 0.15) is 5.75 Å². The average molecular weight is 305 g/mol. The van der Waals surface area contributed by atoms with Gasteiger partial charge in [-0.25, -0.2) is 4.79 Å². The molecule has 0 saturated carbocycles. The molecule has 0 saturated heterocycles. The van der Waals surface area contributed by atoms with Crippen LogP contribution in [0.2, 0.25) is 0 Å². The molecule has 1 aromatic heterocycles. The zero-order valence-electron chi connectivity index (χ0n) is 12.0. The maximum Gasteiger partial charge on any atom is 0.343 e. The fraction of sp³-hybridized carbons (Fsp3) is 0.0588. The molecule has 0 aliphatic carbocycles. The Kier molecular flexibility index (Phi) is 4.11. The average Bonchev–Trinajstić information content (AvgIpc) is 3.10. The summed E-state index contributed by atoms with van der Waals surface area (Å²) >= 11 is 0. The smallest absolute Gasteiger partial charge is 0.343 e. The van der Waals surface area contributed by atoms with Gasteiger partial charge in [-0.05, 0) is 29.8 Å². The predicted octanol–water partition coefficient (Wildman–Crippen LogP) is 3.02. The number of carbonyl (C=O) groups is 1. The second kappa shape index (κ2) is 6.54. The van der Waals surface area contributed by atoms with Gasteiger partial charge in [-0.15, -0.1) is 10.2 Å². The number of hydrogen-bond acceptors (Lipinski definition) is 6. The molecule has 3 aromatic rings. The number of rotatable bonds is 4. The van der Waals surface area contributed by atoms with E-state index in [0.29, 0.717) is 16.9 Å². The molecular formula is C17H11N3O3. The zero-order valence-corrected chi connectivity index (χ0v) is 12.0. The van der Waals surface area contributed by atoms with Gasteiger partial charge in [0.05, 0.1) is 23.6 Å². The van der Waals surface area contributed by atoms with Crippen LogP contribution in [0.25, 0.3) is 11.5 Å². The zero-order chi connectivity index (χ0) is 16.1. The summed E-state index contributed by atoms with van der Waals surface area (Å²) in [6.07, 6.45) is 1.44. The van der Waals surface area contributed by atoms with Crippen LogP contribution in [0.3, 0.4) is 0 Å². The van der Waals surface area contributed by atoms with Crippen LogP contribution < -0.4 is 4.74 Å². The number of esters is 1. The Labute approximate surface area is 132 Å². The number of nitriles is 1. The Morgan fingerprint density at radius 2 is 2.09 bits per heavy atom. The fourth-order valence-electron chi connectivity index (χ4n) is 2.08. The van der Waals surface area contributed by atoms with Crippen molar-refractivity contribution in [3.8, 4) is 23.3 Å². The third kappa shape index (κ3) is 3.24. The number of benzene rings is 2. The van der Waals surface area contributed by atoms with Crippen LogP contribution in [0, 0.1) is 11.3 Å². The van der Waals surface area contributed by atoms with E-state index in [9.17, 15) is 4.79 Å². The van der Waals surface area contributed by atoms with Crippen molar-refractivity contribution in [3.05, 3.63) is 66.1 Å². The van der Waals surface area contributed by atoms with Crippen molar-refractivity contribution in [1.29, 1.82) is 5.26 Å². The van der Waals surface area contributed by atoms with Gasteiger partial charge in [-0.1, -0.05) is 24.3 Å². The van der Waals surface area contributed by atoms with Gasteiger partial charge in [0, 0.05) is 0 Å². The minimum absolute atomic E-state index is 0.236. The van der Waals surface area contributed by atoms with E-state index in [0.717, 1.165) is 5.56 Å². The summed E-state index contributed by atoms with van der Waals surface area (Å²) in [6.45, 7) is 0. The monoisotopic (exact) mass is 305 g/mol. The van der Waals surface area contributed by atoms with Gasteiger partial charge in [0.15, 0.2) is 0 Å². The third-order valence-electron chi connectivity index (χ3n) is 3.13. The van der Waals surface area contributed by atoms with Crippen molar-refractivity contribution in [2.45, 2.75) is 6.42 Å². The van der Waals surface area contributed by atoms with E-state index < -0.39 is 5.97 Å². The van der Waals surface area contributed by atoms with E-state index in [2.05, 4.69) is 10.2 Å². The lowest BCUT2D eigenvalue weighted by molar-refractivity contribution is 0.0735. The highest BCUT2D eigenvalue weighted by Gasteiger charge is 2.15. The van der Waals surface area contributed by atoms with Crippen molar-refractivity contribution >= 4 is 5.97 Å². The van der Waals surface area contributed by atoms with Crippen LogP contribution in [-0.4, -0.2) is 16.2 Å². The van der Waals surface area contributed by atoms with E-state index in [4.69, 9.17) is 14.4 Å². The standard InChI is InChI=1S/C17H11N3O3/c18-9-8-12-4-3-5-13(10-12)17(21)23-15-7-2-1-6-14(15)16-20-19-11-22-16/h1-7,10-11H,8H2. The molecule has 0 fully saturated rings. The van der Waals surface area contributed by atoms with Gasteiger partial charge in [0.2, 0.25) is 6.39 Å². The summed E-state index contributed by atoms with van der Waals surface area (Å²) in [7, 11) is 0. The van der Waals surface area contributed by atoms with E-state index in [1.54, 1.807) is 48.5 Å². The number of aromatic nitrogens is 2. The summed E-state index contributed by atoms with van der Waals surface area (Å²) in [5.74, 6) is 0.0795. The van der Waals surface area contributed by atoms with E-state index in [1.807, 2.05) is 6.07 Å². The van der Waals surface area contributed by atoms with Crippen LogP contribution in [0.4, 0.5) is 0 Å². The molecule has 0 N–H and O–H groups in total. The van der Waals surface area contributed by atoms with Crippen LogP contribution >= 0.6 is 0 Å². The van der Waals surface area contributed by atoms with Crippen LogP contribution in [0.1, 0.15) is 15.9 Å². The third-order valence-corrected chi connectivity index (χ3v) is 3.13. The van der Waals surface area contributed by atoms with Crippen molar-refractivity contribution in [2.75, 3.05) is 0 Å². The van der Waals surface area contributed by atoms with Crippen molar-refractivity contribution < 1.29 is 13.9 Å². The van der Waals surface area contributed by atoms with Crippen LogP contribution in [0.15, 0.2) is 59.3 Å². The van der Waals surface area contributed by atoms with Gasteiger partial charge in [-0.3, -0.25) is 0 Å². The molecule has 23 heavy (non-hydrogen) atoms. The second-order valence-corrected chi connectivity index (χ2v) is 4.66. The number of nitrogens with zero attached hydrogens (tertiary/aromatic N) is 3. The van der Waals surface area contributed by atoms with Gasteiger partial charge >= 0.3 is 5.97 Å². The highest BCUT2D eigenvalue weighted by Crippen LogP contribution is 2.28. The molecule has 6 heteroatoms. The molecule has 0 aliphatic heterocycles. The first-order valence-corrected chi connectivity index (χ1v) is 6.81. The Hall–Kier alpha value is -3.46. The molecule has 0 bridgehead atoms. The molecule has 6 nitrogen and oxygen atoms in total. The minimum atomic E-state index is -0.517. The van der Waals surface area contributed by atoms with E-state index in [1.165, 1.54) is 6.39 Å². The summed E-state index contributed by atoms with van der Waals surface area (Å²) in [4.78, 5) is 12.3. The maximum atomic E-state index is 12.3. The summed E-state index contributed by atoms with van der Waals surface area (Å²) in [6, 6.07) is 15.7. The van der Waals surface area contributed by atoms with E-state index in [-0.39, 0.29) is 12.3 Å². The lowest BCUT2D eigenvalue weighted by Crippen LogP contribution is -2.09. The Balaban J connectivity index is 1.87. The fourth-order valence-corrected chi connectivity index (χ4v) is 2.08. The van der Waals surface area contributed by atoms with Crippen molar-refractivity contribution in [1.82, 2.24) is 10.2 Å². The molecule has 3 rings (SSSR count). The molecule has 0 unspecified atom stereocenters. The number of hydrogen-bond donors (Lipinski definition) is 0. The Bertz CT molecular complexity index is 867. The van der Waals surface area contributed by atoms with Gasteiger partial charge < -0.3 is 9.15 Å². The maximum absolute atomic E-state index is 12.3. The topological polar surface area (TPSA) is 89.0 Å². The molecular weight excluding hydrogens is 294 g/mol. The van der Waals surface area contributed by atoms with Crippen LogP contribution in [0.5, 0.6) is 5.75 Å². The molecule has 0 atom stereocenters. The quantitative estimate of drug-likeness (QED) is 0.543. The molecule has 0 spiro atoms. The molecule has 0 amide bonds. The largest absolute Gasteiger partial charge is 0.423 e. The molecule has 0 radical (unpaired) electrons.